The summed E-state index contributed by atoms with van der Waals surface area (Å²) in [6.07, 6.45) is 1.23. The molecule has 3 saturated heterocycles. The van der Waals surface area contributed by atoms with Crippen LogP contribution in [0.5, 0.6) is 0 Å². The Kier molecular flexibility index (Phi) is 4.29. The lowest BCUT2D eigenvalue weighted by Gasteiger charge is -2.43. The Morgan fingerprint density at radius 3 is 2.82 bits per heavy atom. The summed E-state index contributed by atoms with van der Waals surface area (Å²) >= 11 is 0. The molecule has 7 rings (SSSR count). The number of pyridine rings is 2. The van der Waals surface area contributed by atoms with Gasteiger partial charge < -0.3 is 20.1 Å². The van der Waals surface area contributed by atoms with Gasteiger partial charge in [0.15, 0.2) is 0 Å². The smallest absolute Gasteiger partial charge is 0.248 e. The number of piperazine rings is 2. The van der Waals surface area contributed by atoms with Crippen LogP contribution in [0.2, 0.25) is 0 Å². The Hall–Kier alpha value is -3.41. The number of hydrogen-bond donors (Lipinski definition) is 2. The first kappa shape index (κ1) is 20.0. The van der Waals surface area contributed by atoms with Crippen molar-refractivity contribution in [1.29, 1.82) is 5.26 Å². The fourth-order valence-corrected chi connectivity index (χ4v) is 6.57. The van der Waals surface area contributed by atoms with E-state index in [0.717, 1.165) is 49.6 Å². The molecule has 8 heteroatoms. The minimum Gasteiger partial charge on any atom is -0.368 e. The van der Waals surface area contributed by atoms with Gasteiger partial charge >= 0.3 is 0 Å². The van der Waals surface area contributed by atoms with Crippen molar-refractivity contribution in [3.8, 4) is 6.07 Å². The fraction of sp³-hybridized carbons (Fsp3) is 0.423. The van der Waals surface area contributed by atoms with E-state index in [1.165, 1.54) is 17.7 Å². The van der Waals surface area contributed by atoms with Crippen molar-refractivity contribution in [1.82, 2.24) is 20.2 Å². The maximum Gasteiger partial charge on any atom is 0.248 e. The molecule has 3 aromatic rings. The third-order valence-corrected chi connectivity index (χ3v) is 8.21. The third kappa shape index (κ3) is 2.90. The van der Waals surface area contributed by atoms with Gasteiger partial charge in [0.1, 0.15) is 11.9 Å². The number of benzene rings is 1. The number of fused-ring (bicyclic) bond motifs is 6. The van der Waals surface area contributed by atoms with Gasteiger partial charge in [-0.1, -0.05) is 6.07 Å². The summed E-state index contributed by atoms with van der Waals surface area (Å²) in [5, 5.41) is 14.0. The highest BCUT2D eigenvalue weighted by Crippen LogP contribution is 2.41. The lowest BCUT2D eigenvalue weighted by Crippen LogP contribution is -2.51. The number of hydrogen-bond acceptors (Lipinski definition) is 7. The van der Waals surface area contributed by atoms with Gasteiger partial charge in [-0.25, -0.2) is 4.98 Å². The minimum atomic E-state index is -0.187. The maximum atomic E-state index is 11.9. The fourth-order valence-electron chi connectivity index (χ4n) is 6.57. The van der Waals surface area contributed by atoms with E-state index in [-0.39, 0.29) is 11.6 Å². The normalized spacial score (nSPS) is 27.8. The van der Waals surface area contributed by atoms with Crippen LogP contribution in [-0.4, -0.2) is 59.2 Å². The largest absolute Gasteiger partial charge is 0.368 e. The highest BCUT2D eigenvalue weighted by Gasteiger charge is 2.42. The first-order valence-corrected chi connectivity index (χ1v) is 12.2. The molecule has 0 amide bonds. The van der Waals surface area contributed by atoms with Crippen LogP contribution >= 0.6 is 0 Å². The molecule has 2 bridgehead atoms. The highest BCUT2D eigenvalue weighted by molar-refractivity contribution is 5.95. The predicted octanol–water partition coefficient (Wildman–Crippen LogP) is 2.11. The molecule has 0 saturated carbocycles. The molecule has 1 aromatic carbocycles. The number of nitrogens with zero attached hydrogens (tertiary/aromatic N) is 5. The van der Waals surface area contributed by atoms with Gasteiger partial charge in [-0.05, 0) is 43.2 Å². The Morgan fingerprint density at radius 1 is 1.12 bits per heavy atom. The lowest BCUT2D eigenvalue weighted by molar-refractivity contribution is 0.133. The summed E-state index contributed by atoms with van der Waals surface area (Å²) in [5.74, 6) is 1.12. The van der Waals surface area contributed by atoms with Crippen molar-refractivity contribution in [2.45, 2.75) is 44.1 Å². The molecule has 34 heavy (non-hydrogen) atoms. The molecule has 2 N–H and O–H groups in total. The molecule has 2 unspecified atom stereocenters. The van der Waals surface area contributed by atoms with Crippen LogP contribution in [0.25, 0.3) is 10.9 Å². The maximum absolute atomic E-state index is 11.9. The van der Waals surface area contributed by atoms with Crippen LogP contribution in [0.3, 0.4) is 0 Å². The van der Waals surface area contributed by atoms with E-state index in [0.29, 0.717) is 29.2 Å². The van der Waals surface area contributed by atoms with Gasteiger partial charge in [-0.3, -0.25) is 9.69 Å². The molecule has 4 aliphatic rings. The first-order valence-electron chi connectivity index (χ1n) is 12.2. The quantitative estimate of drug-likeness (QED) is 0.614. The minimum absolute atomic E-state index is 0.187. The van der Waals surface area contributed by atoms with Crippen molar-refractivity contribution in [2.24, 2.45) is 0 Å². The summed E-state index contributed by atoms with van der Waals surface area (Å²) in [6, 6.07) is 15.8. The monoisotopic (exact) mass is 453 g/mol. The van der Waals surface area contributed by atoms with Crippen LogP contribution in [0.4, 0.5) is 11.5 Å². The van der Waals surface area contributed by atoms with Crippen LogP contribution in [0.1, 0.15) is 36.2 Å². The SMILES string of the molecule is CC1CN(c2ccc(C#N)c3[nH]c(=O)ccc23)CC2c3ccc(N4C[C@H]5C[C@@H]4CN5)nc3CN12. The van der Waals surface area contributed by atoms with E-state index >= 15 is 0 Å². The summed E-state index contributed by atoms with van der Waals surface area (Å²) < 4.78 is 0. The molecule has 3 fully saturated rings. The van der Waals surface area contributed by atoms with E-state index in [1.807, 2.05) is 18.2 Å². The van der Waals surface area contributed by atoms with Crippen molar-refractivity contribution < 1.29 is 0 Å². The first-order chi connectivity index (χ1) is 16.6. The molecule has 172 valence electrons. The number of H-pyrrole nitrogens is 1. The van der Waals surface area contributed by atoms with Gasteiger partial charge in [0.2, 0.25) is 5.56 Å². The van der Waals surface area contributed by atoms with Crippen LogP contribution in [0.15, 0.2) is 41.2 Å². The molecule has 4 aliphatic heterocycles. The Bertz CT molecular complexity index is 1410. The van der Waals surface area contributed by atoms with Gasteiger partial charge in [0.25, 0.3) is 0 Å². The van der Waals surface area contributed by atoms with Gasteiger partial charge in [-0.15, -0.1) is 0 Å². The van der Waals surface area contributed by atoms with Crippen molar-refractivity contribution in [3.05, 3.63) is 63.6 Å². The standard InChI is InChI=1S/C26H27N7O/c1-15-11-31(22-5-2-16(9-27)26-20(22)4-7-25(34)30-26)14-23-19-3-6-24(29-21(19)13-32(15)23)33-12-17-8-18(33)10-28-17/h2-7,15,17-18,23,28H,8,10-14H2,1H3,(H,30,34)/t15?,17-,18-,23?/m1/s1. The summed E-state index contributed by atoms with van der Waals surface area (Å²) in [4.78, 5) is 27.4. The number of nitriles is 1. The Balaban J connectivity index is 1.23. The van der Waals surface area contributed by atoms with Crippen LogP contribution < -0.4 is 20.7 Å². The number of aromatic nitrogens is 2. The van der Waals surface area contributed by atoms with Crippen molar-refractivity contribution in [2.75, 3.05) is 36.0 Å². The summed E-state index contributed by atoms with van der Waals surface area (Å²) in [7, 11) is 0. The zero-order valence-electron chi connectivity index (χ0n) is 19.2. The second-order valence-electron chi connectivity index (χ2n) is 10.1. The van der Waals surface area contributed by atoms with Crippen LogP contribution in [0, 0.1) is 11.3 Å². The highest BCUT2D eigenvalue weighted by atomic mass is 16.1. The molecule has 0 aliphatic carbocycles. The molecule has 2 aromatic heterocycles. The molecule has 6 heterocycles. The zero-order chi connectivity index (χ0) is 23.0. The second kappa shape index (κ2) is 7.29. The Labute approximate surface area is 197 Å². The lowest BCUT2D eigenvalue weighted by atomic mass is 10.0. The van der Waals surface area contributed by atoms with Gasteiger partial charge in [0.05, 0.1) is 22.8 Å². The molecule has 0 spiro atoms. The average Bonchev–Trinajstić information content (AvgIpc) is 3.57. The molecular formula is C26H27N7O. The Morgan fingerprint density at radius 2 is 2.03 bits per heavy atom. The molecule has 4 atom stereocenters. The number of anilines is 2. The molecule has 0 radical (unpaired) electrons. The third-order valence-electron chi connectivity index (χ3n) is 8.21. The number of rotatable bonds is 2. The van der Waals surface area contributed by atoms with Gasteiger partial charge in [0, 0.05) is 68.0 Å². The molecular weight excluding hydrogens is 426 g/mol. The summed E-state index contributed by atoms with van der Waals surface area (Å²) in [5.41, 5.74) is 4.53. The number of aromatic amines is 1. The van der Waals surface area contributed by atoms with E-state index in [4.69, 9.17) is 4.98 Å². The van der Waals surface area contributed by atoms with E-state index in [1.54, 1.807) is 6.07 Å². The van der Waals surface area contributed by atoms with Crippen LogP contribution in [-0.2, 0) is 6.54 Å². The molecule has 8 nitrogen and oxygen atoms in total. The second-order valence-corrected chi connectivity index (χ2v) is 10.1. The van der Waals surface area contributed by atoms with E-state index in [9.17, 15) is 10.1 Å². The summed E-state index contributed by atoms with van der Waals surface area (Å²) in [6.45, 7) is 7.04. The van der Waals surface area contributed by atoms with Crippen molar-refractivity contribution in [3.63, 3.8) is 0 Å². The van der Waals surface area contributed by atoms with E-state index < -0.39 is 0 Å². The predicted molar refractivity (Wildman–Crippen MR) is 131 cm³/mol. The topological polar surface area (TPSA) is 91.3 Å². The average molecular weight is 454 g/mol. The zero-order valence-corrected chi connectivity index (χ0v) is 19.2. The number of nitrogens with one attached hydrogen (secondary N) is 2. The van der Waals surface area contributed by atoms with Gasteiger partial charge in [-0.2, -0.15) is 5.26 Å². The van der Waals surface area contributed by atoms with E-state index in [2.05, 4.69) is 50.1 Å². The van der Waals surface area contributed by atoms with Crippen molar-refractivity contribution >= 4 is 22.4 Å².